The van der Waals surface area contributed by atoms with Gasteiger partial charge in [0, 0.05) is 86.6 Å². The van der Waals surface area contributed by atoms with E-state index in [9.17, 15) is 22.8 Å². The number of sulfonamides is 1. The van der Waals surface area contributed by atoms with Crippen LogP contribution in [0.25, 0.3) is 0 Å². The number of hydrogen-bond donors (Lipinski definition) is 4. The van der Waals surface area contributed by atoms with Gasteiger partial charge in [-0.1, -0.05) is 12.1 Å². The number of nitrogens with two attached hydrogens (primary N) is 1. The molecule has 4 atom stereocenters. The fourth-order valence-electron chi connectivity index (χ4n) is 8.58. The largest absolute Gasteiger partial charge is 0.382 e. The molecule has 0 aliphatic carbocycles. The van der Waals surface area contributed by atoms with Crippen LogP contribution in [0.5, 0.6) is 0 Å². The topological polar surface area (TPSA) is 173 Å². The van der Waals surface area contributed by atoms with E-state index in [2.05, 4.69) is 62.0 Å². The molecular weight excluding hydrogens is 719 g/mol. The number of aromatic nitrogens is 1. The number of piperazine rings is 1. The molecule has 5 N–H and O–H groups in total. The number of rotatable bonds is 11. The molecule has 14 nitrogen and oxygen atoms in total. The third-order valence-corrected chi connectivity index (χ3v) is 13.1. The quantitative estimate of drug-likeness (QED) is 0.227. The highest BCUT2D eigenvalue weighted by molar-refractivity contribution is 7.88. The average molecular weight is 772 g/mol. The average Bonchev–Trinajstić information content (AvgIpc) is 3.44. The number of carbonyl (C=O) groups excluding carboxylic acids is 3. The molecule has 4 saturated heterocycles. The van der Waals surface area contributed by atoms with Crippen molar-refractivity contribution in [2.75, 3.05) is 67.7 Å². The molecule has 2 bridgehead atoms. The summed E-state index contributed by atoms with van der Waals surface area (Å²) in [4.78, 5) is 50.8. The van der Waals surface area contributed by atoms with E-state index >= 15 is 0 Å². The van der Waals surface area contributed by atoms with Crippen LogP contribution in [-0.4, -0.2) is 117 Å². The van der Waals surface area contributed by atoms with Crippen molar-refractivity contribution in [2.24, 2.45) is 5.73 Å². The highest BCUT2D eigenvalue weighted by atomic mass is 32.2. The lowest BCUT2D eigenvalue weighted by Crippen LogP contribution is -2.50. The van der Waals surface area contributed by atoms with Gasteiger partial charge in [0.25, 0.3) is 17.7 Å². The Bertz CT molecular complexity index is 1960. The summed E-state index contributed by atoms with van der Waals surface area (Å²) in [5, 5.41) is 9.69. The lowest BCUT2D eigenvalue weighted by Gasteiger charge is -2.40. The van der Waals surface area contributed by atoms with Gasteiger partial charge in [-0.3, -0.25) is 14.4 Å². The minimum atomic E-state index is -3.26. The Morgan fingerprint density at radius 1 is 0.818 bits per heavy atom. The third-order valence-electron chi connectivity index (χ3n) is 11.8. The number of benzene rings is 2. The summed E-state index contributed by atoms with van der Waals surface area (Å²) in [7, 11) is -1.11. The Morgan fingerprint density at radius 2 is 1.47 bits per heavy atom. The molecule has 0 radical (unpaired) electrons. The minimum absolute atomic E-state index is 0.0315. The Kier molecular flexibility index (Phi) is 11.3. The van der Waals surface area contributed by atoms with Gasteiger partial charge in [-0.05, 0) is 101 Å². The SMILES string of the molecule is C[C@H](NC(=O)c1ccc(N2[C@@H]3CC[C@H]2CC(NC(=O)c2ccc(C(N)=O)c(NC4CCN(S(C)(=O)=O)CC4)c2)C3)nc1)c1ccc(N2CCN(C)CC2)cc1. The Hall–Kier alpha value is -4.73. The van der Waals surface area contributed by atoms with Crippen LogP contribution in [0.2, 0.25) is 0 Å². The first-order chi connectivity index (χ1) is 26.3. The lowest BCUT2D eigenvalue weighted by molar-refractivity contribution is 0.0922. The van der Waals surface area contributed by atoms with Crippen molar-refractivity contribution >= 4 is 44.9 Å². The van der Waals surface area contributed by atoms with Crippen LogP contribution in [0.4, 0.5) is 17.2 Å². The van der Waals surface area contributed by atoms with Crippen LogP contribution in [0.1, 0.15) is 88.1 Å². The highest BCUT2D eigenvalue weighted by Crippen LogP contribution is 2.39. The second-order valence-electron chi connectivity index (χ2n) is 15.6. The summed E-state index contributed by atoms with van der Waals surface area (Å²) in [6.07, 6.45) is 7.51. The molecule has 3 aromatic rings. The number of nitrogens with zero attached hydrogens (tertiary/aromatic N) is 5. The van der Waals surface area contributed by atoms with Gasteiger partial charge in [-0.2, -0.15) is 0 Å². The smallest absolute Gasteiger partial charge is 0.253 e. The number of hydrogen-bond acceptors (Lipinski definition) is 10. The van der Waals surface area contributed by atoms with Crippen molar-refractivity contribution in [3.63, 3.8) is 0 Å². The number of fused-ring (bicyclic) bond motifs is 2. The summed E-state index contributed by atoms with van der Waals surface area (Å²) >= 11 is 0. The molecule has 0 saturated carbocycles. The van der Waals surface area contributed by atoms with Crippen molar-refractivity contribution in [1.82, 2.24) is 24.8 Å². The maximum absolute atomic E-state index is 13.5. The fraction of sp³-hybridized carbons (Fsp3) is 0.500. The molecule has 4 fully saturated rings. The zero-order chi connectivity index (χ0) is 38.9. The Balaban J connectivity index is 0.926. The number of piperidine rings is 2. The Morgan fingerprint density at radius 3 is 2.07 bits per heavy atom. The van der Waals surface area contributed by atoms with Gasteiger partial charge in [0.05, 0.1) is 23.4 Å². The molecule has 4 aliphatic rings. The number of nitrogens with one attached hydrogen (secondary N) is 3. The number of primary amides is 1. The molecule has 1 unspecified atom stereocenters. The zero-order valence-electron chi connectivity index (χ0n) is 31.9. The van der Waals surface area contributed by atoms with Crippen LogP contribution in [0.3, 0.4) is 0 Å². The van der Waals surface area contributed by atoms with Crippen LogP contribution in [0.15, 0.2) is 60.8 Å². The van der Waals surface area contributed by atoms with E-state index in [1.165, 1.54) is 16.2 Å². The number of pyridine rings is 1. The summed E-state index contributed by atoms with van der Waals surface area (Å²) in [5.41, 5.74) is 9.60. The van der Waals surface area contributed by atoms with Crippen LogP contribution < -0.4 is 31.5 Å². The van der Waals surface area contributed by atoms with E-state index in [1.807, 2.05) is 19.1 Å². The van der Waals surface area contributed by atoms with E-state index in [-0.39, 0.29) is 47.6 Å². The second-order valence-corrected chi connectivity index (χ2v) is 17.6. The van der Waals surface area contributed by atoms with E-state index in [1.54, 1.807) is 24.4 Å². The number of anilines is 3. The lowest BCUT2D eigenvalue weighted by atomic mass is 9.96. The first-order valence-corrected chi connectivity index (χ1v) is 21.2. The maximum atomic E-state index is 13.5. The third kappa shape index (κ3) is 8.89. The fourth-order valence-corrected chi connectivity index (χ4v) is 9.46. The molecule has 1 aromatic heterocycles. The molecule has 55 heavy (non-hydrogen) atoms. The first-order valence-electron chi connectivity index (χ1n) is 19.4. The molecule has 2 aromatic carbocycles. The van der Waals surface area contributed by atoms with Crippen LogP contribution in [-0.2, 0) is 10.0 Å². The van der Waals surface area contributed by atoms with E-state index in [0.717, 1.165) is 63.2 Å². The molecule has 5 heterocycles. The minimum Gasteiger partial charge on any atom is -0.382 e. The monoisotopic (exact) mass is 771 g/mol. The number of likely N-dealkylation sites (N-methyl/N-ethyl adjacent to an activating group) is 1. The molecule has 15 heteroatoms. The number of carbonyl (C=O) groups is 3. The highest BCUT2D eigenvalue weighted by Gasteiger charge is 2.42. The molecule has 294 valence electrons. The molecule has 3 amide bonds. The van der Waals surface area contributed by atoms with E-state index in [4.69, 9.17) is 10.7 Å². The molecular formula is C40H53N9O5S. The van der Waals surface area contributed by atoms with Gasteiger partial charge in [-0.15, -0.1) is 0 Å². The molecule has 7 rings (SSSR count). The summed E-state index contributed by atoms with van der Waals surface area (Å²) in [6.45, 7) is 6.88. The van der Waals surface area contributed by atoms with Crippen molar-refractivity contribution in [2.45, 2.75) is 75.7 Å². The predicted molar refractivity (Wildman–Crippen MR) is 214 cm³/mol. The molecule has 0 spiro atoms. The summed E-state index contributed by atoms with van der Waals surface area (Å²) in [5.74, 6) is -0.163. The van der Waals surface area contributed by atoms with Gasteiger partial charge in [0.1, 0.15) is 5.82 Å². The van der Waals surface area contributed by atoms with Gasteiger partial charge < -0.3 is 36.4 Å². The first kappa shape index (κ1) is 38.5. The number of amides is 3. The van der Waals surface area contributed by atoms with E-state index in [0.29, 0.717) is 42.7 Å². The van der Waals surface area contributed by atoms with Gasteiger partial charge in [-0.25, -0.2) is 17.7 Å². The van der Waals surface area contributed by atoms with Crippen LogP contribution >= 0.6 is 0 Å². The summed E-state index contributed by atoms with van der Waals surface area (Å²) in [6, 6.07) is 17.2. The van der Waals surface area contributed by atoms with Crippen molar-refractivity contribution in [3.05, 3.63) is 83.0 Å². The normalized spacial score (nSPS) is 22.9. The van der Waals surface area contributed by atoms with Gasteiger partial charge in [0.15, 0.2) is 0 Å². The Labute approximate surface area is 323 Å². The molecule has 4 aliphatic heterocycles. The van der Waals surface area contributed by atoms with E-state index < -0.39 is 15.9 Å². The zero-order valence-corrected chi connectivity index (χ0v) is 32.7. The van der Waals surface area contributed by atoms with Crippen molar-refractivity contribution in [1.29, 1.82) is 0 Å². The van der Waals surface area contributed by atoms with Gasteiger partial charge in [0.2, 0.25) is 10.0 Å². The van der Waals surface area contributed by atoms with Crippen molar-refractivity contribution < 1.29 is 22.8 Å². The van der Waals surface area contributed by atoms with Gasteiger partial charge >= 0.3 is 0 Å². The van der Waals surface area contributed by atoms with Crippen LogP contribution in [0, 0.1) is 0 Å². The maximum Gasteiger partial charge on any atom is 0.253 e. The summed E-state index contributed by atoms with van der Waals surface area (Å²) < 4.78 is 25.3. The standard InChI is InChI=1S/C40H53N9O5S/c1-26(27-4-8-32(9-5-27)47-20-18-46(2)19-21-47)43-40(52)29-7-13-37(42-25-29)49-33-10-11-34(49)24-31(23-33)45-39(51)28-6-12-35(38(41)50)36(22-28)44-30-14-16-48(17-15-30)55(3,53)54/h4-9,12-13,22,25-26,30-31,33-34,44H,10-11,14-21,23-24H2,1-3H3,(H2,41,50)(H,43,52)(H,45,51)/t26-,31?,33-,34+/m0/s1. The second kappa shape index (κ2) is 16.2. The van der Waals surface area contributed by atoms with Crippen molar-refractivity contribution in [3.8, 4) is 0 Å². The predicted octanol–water partition coefficient (Wildman–Crippen LogP) is 3.19.